The van der Waals surface area contributed by atoms with Gasteiger partial charge in [-0.2, -0.15) is 5.10 Å². The highest BCUT2D eigenvalue weighted by Gasteiger charge is 2.25. The molecule has 1 aliphatic rings. The Morgan fingerprint density at radius 2 is 2.11 bits per heavy atom. The van der Waals surface area contributed by atoms with Crippen molar-refractivity contribution in [1.82, 2.24) is 14.8 Å². The smallest absolute Gasteiger partial charge is 0.336 e. The normalized spacial score (nSPS) is 15.5. The number of rotatable bonds is 3. The highest BCUT2D eigenvalue weighted by Crippen LogP contribution is 2.36. The summed E-state index contributed by atoms with van der Waals surface area (Å²) in [7, 11) is 0. The first-order chi connectivity index (χ1) is 12.9. The molecule has 2 heterocycles. The lowest BCUT2D eigenvalue weighted by molar-refractivity contribution is 0.0697. The van der Waals surface area contributed by atoms with Gasteiger partial charge in [0.05, 0.1) is 23.0 Å². The number of aromatic nitrogens is 3. The maximum Gasteiger partial charge on any atom is 0.336 e. The van der Waals surface area contributed by atoms with Crippen molar-refractivity contribution >= 4 is 28.5 Å². The van der Waals surface area contributed by atoms with Gasteiger partial charge in [0.1, 0.15) is 0 Å². The average molecular weight is 361 g/mol. The number of carboxylic acids is 1. The van der Waals surface area contributed by atoms with Gasteiger partial charge in [0.2, 0.25) is 0 Å². The number of hydrogen-bond acceptors (Lipinski definition) is 3. The molecule has 1 aliphatic carbocycles. The van der Waals surface area contributed by atoms with Crippen LogP contribution in [0.15, 0.2) is 30.6 Å². The van der Waals surface area contributed by atoms with Crippen LogP contribution in [0, 0.1) is 6.92 Å². The van der Waals surface area contributed by atoms with Crippen molar-refractivity contribution in [2.75, 3.05) is 0 Å². The zero-order chi connectivity index (χ0) is 19.1. The summed E-state index contributed by atoms with van der Waals surface area (Å²) in [6, 6.07) is 6.13. The highest BCUT2D eigenvalue weighted by molar-refractivity contribution is 6.06. The molecule has 0 fully saturated rings. The van der Waals surface area contributed by atoms with Gasteiger partial charge in [0.25, 0.3) is 0 Å². The van der Waals surface area contributed by atoms with E-state index >= 15 is 0 Å². The van der Waals surface area contributed by atoms with Crippen molar-refractivity contribution in [2.45, 2.75) is 46.1 Å². The summed E-state index contributed by atoms with van der Waals surface area (Å²) < 4.78 is 1.93. The summed E-state index contributed by atoms with van der Waals surface area (Å²) in [6.45, 7) is 6.16. The van der Waals surface area contributed by atoms with Gasteiger partial charge < -0.3 is 5.11 Å². The van der Waals surface area contributed by atoms with E-state index < -0.39 is 5.97 Å². The van der Waals surface area contributed by atoms with Gasteiger partial charge in [-0.3, -0.25) is 4.68 Å². The van der Waals surface area contributed by atoms with Crippen LogP contribution in [-0.4, -0.2) is 25.8 Å². The zero-order valence-electron chi connectivity index (χ0n) is 15.9. The van der Waals surface area contributed by atoms with Gasteiger partial charge >= 0.3 is 5.97 Å². The van der Waals surface area contributed by atoms with Crippen LogP contribution in [0.3, 0.4) is 0 Å². The molecule has 4 rings (SSSR count). The minimum absolute atomic E-state index is 0.305. The number of allylic oxidation sites excluding steroid dienone is 1. The number of fused-ring (bicyclic) bond motifs is 2. The van der Waals surface area contributed by atoms with Crippen LogP contribution in [0.1, 0.15) is 65.5 Å². The summed E-state index contributed by atoms with van der Waals surface area (Å²) >= 11 is 0. The molecule has 3 aromatic rings. The van der Waals surface area contributed by atoms with E-state index in [0.717, 1.165) is 58.1 Å². The van der Waals surface area contributed by atoms with Gasteiger partial charge in [0.15, 0.2) is 0 Å². The molecule has 0 saturated heterocycles. The number of hydrogen-bond donors (Lipinski definition) is 1. The Balaban J connectivity index is 1.91. The Morgan fingerprint density at radius 3 is 2.81 bits per heavy atom. The fourth-order valence-electron chi connectivity index (χ4n) is 3.80. The lowest BCUT2D eigenvalue weighted by Gasteiger charge is -2.21. The van der Waals surface area contributed by atoms with Crippen molar-refractivity contribution < 1.29 is 9.90 Å². The molecule has 0 spiro atoms. The van der Waals surface area contributed by atoms with Crippen LogP contribution in [0.2, 0.25) is 0 Å². The molecule has 1 N–H and O–H groups in total. The Kier molecular flexibility index (Phi) is 4.30. The van der Waals surface area contributed by atoms with E-state index in [9.17, 15) is 9.90 Å². The molecule has 0 saturated carbocycles. The first-order valence-corrected chi connectivity index (χ1v) is 9.35. The molecule has 0 bridgehead atoms. The summed E-state index contributed by atoms with van der Waals surface area (Å²) in [6.07, 6.45) is 8.54. The minimum Gasteiger partial charge on any atom is -0.478 e. The molecule has 1 aromatic carbocycles. The van der Waals surface area contributed by atoms with E-state index in [1.165, 1.54) is 0 Å². The molecule has 27 heavy (non-hydrogen) atoms. The number of carbonyl (C=O) groups is 1. The Labute approximate surface area is 158 Å². The third-order valence-corrected chi connectivity index (χ3v) is 5.12. The maximum atomic E-state index is 12.1. The third kappa shape index (κ3) is 3.14. The Morgan fingerprint density at radius 1 is 1.30 bits per heavy atom. The zero-order valence-corrected chi connectivity index (χ0v) is 15.9. The fraction of sp³-hybridized carbons (Fsp3) is 0.318. The highest BCUT2D eigenvalue weighted by atomic mass is 16.4. The average Bonchev–Trinajstić information content (AvgIpc) is 3.09. The number of benzene rings is 1. The maximum absolute atomic E-state index is 12.1. The molecule has 5 heteroatoms. The summed E-state index contributed by atoms with van der Waals surface area (Å²) in [5, 5.41) is 15.0. The van der Waals surface area contributed by atoms with Crippen molar-refractivity contribution in [2.24, 2.45) is 0 Å². The number of nitrogens with zero attached hydrogens (tertiary/aromatic N) is 3. The van der Waals surface area contributed by atoms with Crippen molar-refractivity contribution in [3.05, 3.63) is 58.5 Å². The van der Waals surface area contributed by atoms with Gasteiger partial charge in [-0.15, -0.1) is 0 Å². The van der Waals surface area contributed by atoms with Crippen LogP contribution < -0.4 is 0 Å². The lowest BCUT2D eigenvalue weighted by Crippen LogP contribution is -2.13. The van der Waals surface area contributed by atoms with Crippen molar-refractivity contribution in [3.63, 3.8) is 0 Å². The second kappa shape index (κ2) is 6.65. The van der Waals surface area contributed by atoms with E-state index in [-0.39, 0.29) is 0 Å². The van der Waals surface area contributed by atoms with Crippen LogP contribution in [0.5, 0.6) is 0 Å². The van der Waals surface area contributed by atoms with Crippen molar-refractivity contribution in [3.8, 4) is 0 Å². The van der Waals surface area contributed by atoms with Gasteiger partial charge in [-0.05, 0) is 69.4 Å². The molecule has 0 amide bonds. The monoisotopic (exact) mass is 361 g/mol. The summed E-state index contributed by atoms with van der Waals surface area (Å²) in [5.41, 5.74) is 5.98. The molecule has 138 valence electrons. The number of aromatic carboxylic acids is 1. The summed E-state index contributed by atoms with van der Waals surface area (Å²) in [4.78, 5) is 16.9. The quantitative estimate of drug-likeness (QED) is 0.721. The SMILES string of the molecule is Cc1ccc2nc3c(c(C(=O)O)c2c1)CCCC3=Cc1cnn(C(C)C)c1. The summed E-state index contributed by atoms with van der Waals surface area (Å²) in [5.74, 6) is -0.877. The third-order valence-electron chi connectivity index (χ3n) is 5.12. The fourth-order valence-corrected chi connectivity index (χ4v) is 3.80. The van der Waals surface area contributed by atoms with Crippen molar-refractivity contribution in [1.29, 1.82) is 0 Å². The van der Waals surface area contributed by atoms with E-state index in [1.54, 1.807) is 0 Å². The molecular formula is C22H23N3O2. The predicted molar refractivity (Wildman–Crippen MR) is 107 cm³/mol. The van der Waals surface area contributed by atoms with Crippen LogP contribution in [0.4, 0.5) is 0 Å². The van der Waals surface area contributed by atoms with Gasteiger partial charge in [-0.25, -0.2) is 9.78 Å². The number of carboxylic acid groups (broad SMARTS) is 1. The second-order valence-electron chi connectivity index (χ2n) is 7.51. The minimum atomic E-state index is -0.877. The second-order valence-corrected chi connectivity index (χ2v) is 7.51. The van der Waals surface area contributed by atoms with Crippen LogP contribution in [-0.2, 0) is 6.42 Å². The number of pyridine rings is 1. The number of aryl methyl sites for hydroxylation is 1. The molecule has 5 nitrogen and oxygen atoms in total. The topological polar surface area (TPSA) is 68.0 Å². The first-order valence-electron chi connectivity index (χ1n) is 9.35. The molecule has 0 atom stereocenters. The van der Waals surface area contributed by atoms with E-state index in [1.807, 2.05) is 42.2 Å². The Hall–Kier alpha value is -2.95. The lowest BCUT2D eigenvalue weighted by atomic mass is 9.86. The van der Waals surface area contributed by atoms with E-state index in [0.29, 0.717) is 11.6 Å². The molecule has 0 unspecified atom stereocenters. The standard InChI is InChI=1S/C22H23N3O2/c1-13(2)25-12-15(11-23-25)10-16-5-4-6-17-20(22(26)27)18-9-14(3)7-8-19(18)24-21(16)17/h7-13H,4-6H2,1-3H3,(H,26,27). The van der Waals surface area contributed by atoms with E-state index in [2.05, 4.69) is 25.0 Å². The first kappa shape index (κ1) is 17.5. The Bertz CT molecular complexity index is 1080. The van der Waals surface area contributed by atoms with Gasteiger partial charge in [0, 0.05) is 23.2 Å². The largest absolute Gasteiger partial charge is 0.478 e. The van der Waals surface area contributed by atoms with E-state index in [4.69, 9.17) is 4.98 Å². The van der Waals surface area contributed by atoms with Gasteiger partial charge in [-0.1, -0.05) is 11.6 Å². The molecule has 0 aliphatic heterocycles. The van der Waals surface area contributed by atoms with Crippen LogP contribution in [0.25, 0.3) is 22.6 Å². The molecular weight excluding hydrogens is 338 g/mol. The predicted octanol–water partition coefficient (Wildman–Crippen LogP) is 4.90. The molecule has 2 aromatic heterocycles. The van der Waals surface area contributed by atoms with Crippen LogP contribution >= 0.6 is 0 Å². The molecule has 0 radical (unpaired) electrons.